The number of hydrogen-bond acceptors (Lipinski definition) is 0. The van der Waals surface area contributed by atoms with Crippen molar-refractivity contribution in [1.82, 2.24) is 0 Å². The maximum absolute atomic E-state index is 11.1. The van der Waals surface area contributed by atoms with Crippen molar-refractivity contribution in [3.63, 3.8) is 0 Å². The lowest BCUT2D eigenvalue weighted by Crippen LogP contribution is -2.15. The van der Waals surface area contributed by atoms with Crippen LogP contribution in [0.1, 0.15) is 25.7 Å². The van der Waals surface area contributed by atoms with E-state index in [1.807, 2.05) is 0 Å². The SMILES string of the molecule is FC(F)(F)CCC(F)(F)F.FC(F)(F)CCC(F)(F)F. The highest BCUT2D eigenvalue weighted by Gasteiger charge is 2.36. The molecule has 0 heterocycles. The molecule has 12 heteroatoms. The van der Waals surface area contributed by atoms with Crippen LogP contribution in [0, 0.1) is 0 Å². The van der Waals surface area contributed by atoms with E-state index >= 15 is 0 Å². The van der Waals surface area contributed by atoms with Crippen molar-refractivity contribution in [3.8, 4) is 0 Å². The molecule has 0 saturated heterocycles. The van der Waals surface area contributed by atoms with Crippen LogP contribution in [-0.2, 0) is 0 Å². The Morgan fingerprint density at radius 3 is 0.450 bits per heavy atom. The fourth-order valence-electron chi connectivity index (χ4n) is 0.567. The molecule has 124 valence electrons. The Labute approximate surface area is 104 Å². The van der Waals surface area contributed by atoms with Gasteiger partial charge in [-0.15, -0.1) is 0 Å². The van der Waals surface area contributed by atoms with E-state index in [4.69, 9.17) is 0 Å². The Bertz CT molecular complexity index is 195. The molecule has 0 aliphatic carbocycles. The Morgan fingerprint density at radius 2 is 0.400 bits per heavy atom. The maximum Gasteiger partial charge on any atom is 0.389 e. The Kier molecular flexibility index (Phi) is 7.78. The average molecular weight is 332 g/mol. The van der Waals surface area contributed by atoms with E-state index in [1.165, 1.54) is 0 Å². The second-order valence-corrected chi connectivity index (χ2v) is 3.46. The molecule has 0 nitrogen and oxygen atoms in total. The van der Waals surface area contributed by atoms with Crippen molar-refractivity contribution >= 4 is 0 Å². The first-order valence-corrected chi connectivity index (χ1v) is 4.68. The third-order valence-corrected chi connectivity index (χ3v) is 1.38. The minimum absolute atomic E-state index is 1.80. The summed E-state index contributed by atoms with van der Waals surface area (Å²) in [4.78, 5) is 0. The van der Waals surface area contributed by atoms with Crippen molar-refractivity contribution in [2.45, 2.75) is 50.4 Å². The molecule has 0 N–H and O–H groups in total. The van der Waals surface area contributed by atoms with Crippen molar-refractivity contribution < 1.29 is 52.7 Å². The number of alkyl halides is 12. The van der Waals surface area contributed by atoms with Crippen LogP contribution in [0.2, 0.25) is 0 Å². The number of hydrogen-bond donors (Lipinski definition) is 0. The highest BCUT2D eigenvalue weighted by atomic mass is 19.4. The lowest BCUT2D eigenvalue weighted by Gasteiger charge is -2.07. The molecule has 0 radical (unpaired) electrons. The van der Waals surface area contributed by atoms with E-state index in [1.54, 1.807) is 0 Å². The number of rotatable bonds is 2. The van der Waals surface area contributed by atoms with Gasteiger partial charge in [0.2, 0.25) is 0 Å². The van der Waals surface area contributed by atoms with E-state index < -0.39 is 50.4 Å². The van der Waals surface area contributed by atoms with E-state index in [-0.39, 0.29) is 0 Å². The highest BCUT2D eigenvalue weighted by molar-refractivity contribution is 4.57. The molecule has 0 aromatic rings. The summed E-state index contributed by atoms with van der Waals surface area (Å²) in [6.07, 6.45) is -26.0. The summed E-state index contributed by atoms with van der Waals surface area (Å²) >= 11 is 0. The molecule has 0 bridgehead atoms. The minimum Gasteiger partial charge on any atom is -0.171 e. The molecular weight excluding hydrogens is 324 g/mol. The molecule has 0 aliphatic heterocycles. The molecular formula is C8H8F12. The predicted octanol–water partition coefficient (Wildman–Crippen LogP) is 5.78. The zero-order chi connectivity index (χ0) is 16.8. The van der Waals surface area contributed by atoms with Crippen molar-refractivity contribution in [3.05, 3.63) is 0 Å². The van der Waals surface area contributed by atoms with E-state index in [9.17, 15) is 52.7 Å². The quantitative estimate of drug-likeness (QED) is 0.562. The standard InChI is InChI=1S/2C4H4F6/c2*5-3(6,7)1-2-4(8,9)10/h2*1-2H2. The molecule has 0 aromatic carbocycles. The molecule has 0 unspecified atom stereocenters. The topological polar surface area (TPSA) is 0 Å². The van der Waals surface area contributed by atoms with Crippen molar-refractivity contribution in [1.29, 1.82) is 0 Å². The van der Waals surface area contributed by atoms with Gasteiger partial charge in [-0.05, 0) is 0 Å². The molecule has 0 rings (SSSR count). The fourth-order valence-corrected chi connectivity index (χ4v) is 0.567. The Balaban J connectivity index is 0. The molecule has 0 atom stereocenters. The smallest absolute Gasteiger partial charge is 0.171 e. The van der Waals surface area contributed by atoms with Gasteiger partial charge in [0.15, 0.2) is 0 Å². The van der Waals surface area contributed by atoms with Gasteiger partial charge in [-0.25, -0.2) is 0 Å². The van der Waals surface area contributed by atoms with Crippen LogP contribution >= 0.6 is 0 Å². The lowest BCUT2D eigenvalue weighted by molar-refractivity contribution is -0.183. The Morgan fingerprint density at radius 1 is 0.300 bits per heavy atom. The third-order valence-electron chi connectivity index (χ3n) is 1.38. The maximum atomic E-state index is 11.1. The Hall–Kier alpha value is -0.840. The average Bonchev–Trinajstić information content (AvgIpc) is 2.09. The predicted molar refractivity (Wildman–Crippen MR) is 42.7 cm³/mol. The summed E-state index contributed by atoms with van der Waals surface area (Å²) in [5.41, 5.74) is 0. The molecule has 0 aliphatic rings. The van der Waals surface area contributed by atoms with Crippen LogP contribution in [0.3, 0.4) is 0 Å². The van der Waals surface area contributed by atoms with Gasteiger partial charge >= 0.3 is 24.7 Å². The molecule has 0 fully saturated rings. The van der Waals surface area contributed by atoms with Gasteiger partial charge in [0.05, 0.1) is 25.7 Å². The minimum atomic E-state index is -4.71. The first-order valence-electron chi connectivity index (χ1n) is 4.68. The van der Waals surface area contributed by atoms with Crippen LogP contribution < -0.4 is 0 Å². The van der Waals surface area contributed by atoms with Crippen LogP contribution in [0.15, 0.2) is 0 Å². The summed E-state index contributed by atoms with van der Waals surface area (Å²) in [6.45, 7) is 0. The second kappa shape index (κ2) is 7.25. The third kappa shape index (κ3) is 25.9. The van der Waals surface area contributed by atoms with E-state index in [0.717, 1.165) is 0 Å². The van der Waals surface area contributed by atoms with Crippen LogP contribution in [0.25, 0.3) is 0 Å². The van der Waals surface area contributed by atoms with Gasteiger partial charge in [0, 0.05) is 0 Å². The van der Waals surface area contributed by atoms with Gasteiger partial charge < -0.3 is 0 Å². The van der Waals surface area contributed by atoms with Gasteiger partial charge in [-0.1, -0.05) is 0 Å². The molecule has 0 aromatic heterocycles. The molecule has 0 saturated carbocycles. The highest BCUT2D eigenvalue weighted by Crippen LogP contribution is 2.30. The van der Waals surface area contributed by atoms with Gasteiger partial charge in [-0.2, -0.15) is 52.7 Å². The number of halogens is 12. The second-order valence-electron chi connectivity index (χ2n) is 3.46. The van der Waals surface area contributed by atoms with Crippen LogP contribution in [0.4, 0.5) is 52.7 Å². The summed E-state index contributed by atoms with van der Waals surface area (Å²) < 4.78 is 133. The first kappa shape index (κ1) is 21.5. The summed E-state index contributed by atoms with van der Waals surface area (Å²) in [7, 11) is 0. The van der Waals surface area contributed by atoms with Crippen LogP contribution in [0.5, 0.6) is 0 Å². The summed E-state index contributed by atoms with van der Waals surface area (Å²) in [5.74, 6) is 0. The van der Waals surface area contributed by atoms with E-state index in [0.29, 0.717) is 0 Å². The van der Waals surface area contributed by atoms with Gasteiger partial charge in [-0.3, -0.25) is 0 Å². The monoisotopic (exact) mass is 332 g/mol. The fraction of sp³-hybridized carbons (Fsp3) is 1.00. The van der Waals surface area contributed by atoms with Crippen molar-refractivity contribution in [2.75, 3.05) is 0 Å². The zero-order valence-electron chi connectivity index (χ0n) is 9.36. The largest absolute Gasteiger partial charge is 0.389 e. The normalized spacial score (nSPS) is 13.8. The summed E-state index contributed by atoms with van der Waals surface area (Å²) in [5, 5.41) is 0. The summed E-state index contributed by atoms with van der Waals surface area (Å²) in [6, 6.07) is 0. The zero-order valence-corrected chi connectivity index (χ0v) is 9.36. The molecule has 20 heavy (non-hydrogen) atoms. The van der Waals surface area contributed by atoms with Crippen molar-refractivity contribution in [2.24, 2.45) is 0 Å². The van der Waals surface area contributed by atoms with Crippen LogP contribution in [-0.4, -0.2) is 24.7 Å². The lowest BCUT2D eigenvalue weighted by atomic mass is 10.3. The van der Waals surface area contributed by atoms with Gasteiger partial charge in [0.1, 0.15) is 0 Å². The molecule has 0 amide bonds. The first-order chi connectivity index (χ1) is 8.41. The molecule has 0 spiro atoms. The van der Waals surface area contributed by atoms with E-state index in [2.05, 4.69) is 0 Å². The van der Waals surface area contributed by atoms with Gasteiger partial charge in [0.25, 0.3) is 0 Å².